The highest BCUT2D eigenvalue weighted by Crippen LogP contribution is 2.36. The van der Waals surface area contributed by atoms with E-state index in [0.717, 1.165) is 0 Å². The molecular formula is C12H20S. The van der Waals surface area contributed by atoms with Crippen LogP contribution in [-0.2, 0) is 11.8 Å². The number of hydrogen-bond acceptors (Lipinski definition) is 1. The van der Waals surface area contributed by atoms with Crippen molar-refractivity contribution in [1.82, 2.24) is 0 Å². The molecule has 1 heterocycles. The number of hydrogen-bond donors (Lipinski definition) is 0. The van der Waals surface area contributed by atoms with Crippen LogP contribution in [-0.4, -0.2) is 0 Å². The molecule has 0 spiro atoms. The van der Waals surface area contributed by atoms with Crippen molar-refractivity contribution in [3.8, 4) is 0 Å². The van der Waals surface area contributed by atoms with E-state index in [1.807, 2.05) is 11.3 Å². The van der Waals surface area contributed by atoms with E-state index in [2.05, 4.69) is 46.1 Å². The molecule has 0 amide bonds. The van der Waals surface area contributed by atoms with Gasteiger partial charge in [-0.3, -0.25) is 0 Å². The minimum Gasteiger partial charge on any atom is -0.149 e. The Morgan fingerprint density at radius 2 is 2.00 bits per heavy atom. The van der Waals surface area contributed by atoms with Crippen LogP contribution < -0.4 is 0 Å². The third-order valence-electron chi connectivity index (χ3n) is 3.20. The molecular weight excluding hydrogens is 176 g/mol. The zero-order chi connectivity index (χ0) is 10.1. The van der Waals surface area contributed by atoms with Crippen LogP contribution in [0.25, 0.3) is 0 Å². The van der Waals surface area contributed by atoms with Crippen molar-refractivity contribution < 1.29 is 0 Å². The maximum atomic E-state index is 2.35. The van der Waals surface area contributed by atoms with Crippen molar-refractivity contribution in [1.29, 1.82) is 0 Å². The fourth-order valence-corrected chi connectivity index (χ4v) is 2.49. The van der Waals surface area contributed by atoms with Gasteiger partial charge in [0.2, 0.25) is 0 Å². The molecule has 0 aliphatic heterocycles. The van der Waals surface area contributed by atoms with Gasteiger partial charge < -0.3 is 0 Å². The first kappa shape index (κ1) is 10.8. The van der Waals surface area contributed by atoms with Gasteiger partial charge >= 0.3 is 0 Å². The first-order valence-electron chi connectivity index (χ1n) is 5.07. The minimum atomic E-state index is 0.325. The van der Waals surface area contributed by atoms with Crippen molar-refractivity contribution in [2.75, 3.05) is 0 Å². The molecule has 0 aliphatic rings. The first-order valence-corrected chi connectivity index (χ1v) is 5.95. The molecule has 0 saturated carbocycles. The summed E-state index contributed by atoms with van der Waals surface area (Å²) in [6.45, 7) is 11.5. The number of aryl methyl sites for hydroxylation is 1. The molecule has 0 unspecified atom stereocenters. The van der Waals surface area contributed by atoms with Gasteiger partial charge in [0.15, 0.2) is 0 Å². The summed E-state index contributed by atoms with van der Waals surface area (Å²) in [5, 5.41) is 2.22. The van der Waals surface area contributed by atoms with E-state index in [1.54, 1.807) is 10.4 Å². The van der Waals surface area contributed by atoms with Crippen LogP contribution in [0, 0.1) is 5.92 Å². The first-order chi connectivity index (χ1) is 6.00. The van der Waals surface area contributed by atoms with E-state index in [-0.39, 0.29) is 0 Å². The maximum Gasteiger partial charge on any atom is 0.00800 e. The smallest absolute Gasteiger partial charge is 0.00800 e. The van der Waals surface area contributed by atoms with Gasteiger partial charge in [-0.2, -0.15) is 0 Å². The number of thiophene rings is 1. The predicted molar refractivity (Wildman–Crippen MR) is 61.6 cm³/mol. The average molecular weight is 196 g/mol. The Morgan fingerprint density at radius 3 is 2.46 bits per heavy atom. The van der Waals surface area contributed by atoms with Gasteiger partial charge in [-0.25, -0.2) is 0 Å². The second-order valence-corrected chi connectivity index (χ2v) is 5.49. The Balaban J connectivity index is 3.06. The molecule has 0 aliphatic carbocycles. The molecule has 0 radical (unpaired) electrons. The maximum absolute atomic E-state index is 2.35. The summed E-state index contributed by atoms with van der Waals surface area (Å²) in [6, 6.07) is 2.30. The molecule has 0 N–H and O–H groups in total. The second kappa shape index (κ2) is 3.83. The number of rotatable bonds is 3. The normalized spacial score (nSPS) is 12.5. The van der Waals surface area contributed by atoms with E-state index < -0.39 is 0 Å². The van der Waals surface area contributed by atoms with Gasteiger partial charge in [0, 0.05) is 4.88 Å². The Kier molecular flexibility index (Phi) is 3.18. The van der Waals surface area contributed by atoms with Crippen molar-refractivity contribution in [3.05, 3.63) is 21.9 Å². The summed E-state index contributed by atoms with van der Waals surface area (Å²) in [4.78, 5) is 1.55. The molecule has 13 heavy (non-hydrogen) atoms. The summed E-state index contributed by atoms with van der Waals surface area (Å²) >= 11 is 1.89. The molecule has 1 heteroatoms. The van der Waals surface area contributed by atoms with Gasteiger partial charge in [0.05, 0.1) is 0 Å². The summed E-state index contributed by atoms with van der Waals surface area (Å²) in [5.74, 6) is 0.701. The average Bonchev–Trinajstić information content (AvgIpc) is 2.51. The summed E-state index contributed by atoms with van der Waals surface area (Å²) < 4.78 is 0. The predicted octanol–water partition coefficient (Wildman–Crippen LogP) is 4.24. The third kappa shape index (κ3) is 1.96. The van der Waals surface area contributed by atoms with Crippen LogP contribution in [0.4, 0.5) is 0 Å². The summed E-state index contributed by atoms with van der Waals surface area (Å²) in [6.07, 6.45) is 1.17. The third-order valence-corrected chi connectivity index (χ3v) is 4.27. The highest BCUT2D eigenvalue weighted by molar-refractivity contribution is 7.10. The lowest BCUT2D eigenvalue weighted by molar-refractivity contribution is 0.371. The lowest BCUT2D eigenvalue weighted by atomic mass is 9.75. The Hall–Kier alpha value is -0.300. The molecule has 0 bridgehead atoms. The molecule has 0 fully saturated rings. The van der Waals surface area contributed by atoms with Crippen molar-refractivity contribution >= 4 is 11.3 Å². The van der Waals surface area contributed by atoms with E-state index in [1.165, 1.54) is 6.42 Å². The molecule has 0 nitrogen and oxygen atoms in total. The van der Waals surface area contributed by atoms with Gasteiger partial charge in [-0.15, -0.1) is 11.3 Å². The van der Waals surface area contributed by atoms with Gasteiger partial charge in [0.25, 0.3) is 0 Å². The summed E-state index contributed by atoms with van der Waals surface area (Å²) in [7, 11) is 0. The van der Waals surface area contributed by atoms with Crippen molar-refractivity contribution in [2.45, 2.75) is 46.5 Å². The molecule has 1 aromatic heterocycles. The molecule has 0 aromatic carbocycles. The van der Waals surface area contributed by atoms with Crippen LogP contribution in [0.1, 0.15) is 45.1 Å². The molecule has 1 rings (SSSR count). The quantitative estimate of drug-likeness (QED) is 0.678. The lowest BCUT2D eigenvalue weighted by Crippen LogP contribution is -2.24. The van der Waals surface area contributed by atoms with Crippen LogP contribution in [0.3, 0.4) is 0 Å². The second-order valence-electron chi connectivity index (χ2n) is 4.49. The van der Waals surface area contributed by atoms with Crippen molar-refractivity contribution in [3.63, 3.8) is 0 Å². The topological polar surface area (TPSA) is 0 Å². The van der Waals surface area contributed by atoms with Gasteiger partial charge in [-0.05, 0) is 34.8 Å². The summed E-state index contributed by atoms with van der Waals surface area (Å²) in [5.41, 5.74) is 1.88. The van der Waals surface area contributed by atoms with Gasteiger partial charge in [0.1, 0.15) is 0 Å². The fraction of sp³-hybridized carbons (Fsp3) is 0.667. The zero-order valence-corrected chi connectivity index (χ0v) is 10.2. The standard InChI is InChI=1S/C12H20S/c1-6-11-10(7-8-13-11)12(4,5)9(2)3/h7-9H,6H2,1-5H3. The molecule has 1 aromatic rings. The SMILES string of the molecule is CCc1sccc1C(C)(C)C(C)C. The highest BCUT2D eigenvalue weighted by atomic mass is 32.1. The molecule has 0 atom stereocenters. The Morgan fingerprint density at radius 1 is 1.38 bits per heavy atom. The van der Waals surface area contributed by atoms with Crippen LogP contribution in [0.2, 0.25) is 0 Å². The Labute approximate surface area is 86.0 Å². The monoisotopic (exact) mass is 196 g/mol. The van der Waals surface area contributed by atoms with Crippen LogP contribution >= 0.6 is 11.3 Å². The van der Waals surface area contributed by atoms with E-state index in [9.17, 15) is 0 Å². The zero-order valence-electron chi connectivity index (χ0n) is 9.35. The van der Waals surface area contributed by atoms with Crippen LogP contribution in [0.5, 0.6) is 0 Å². The van der Waals surface area contributed by atoms with E-state index >= 15 is 0 Å². The Bertz CT molecular complexity index is 268. The van der Waals surface area contributed by atoms with E-state index in [0.29, 0.717) is 11.3 Å². The molecule has 74 valence electrons. The van der Waals surface area contributed by atoms with Crippen molar-refractivity contribution in [2.24, 2.45) is 5.92 Å². The largest absolute Gasteiger partial charge is 0.149 e. The molecule has 0 saturated heterocycles. The van der Waals surface area contributed by atoms with Crippen LogP contribution in [0.15, 0.2) is 11.4 Å². The highest BCUT2D eigenvalue weighted by Gasteiger charge is 2.27. The lowest BCUT2D eigenvalue weighted by Gasteiger charge is -2.30. The van der Waals surface area contributed by atoms with Gasteiger partial charge in [-0.1, -0.05) is 34.6 Å². The fourth-order valence-electron chi connectivity index (χ4n) is 1.50. The minimum absolute atomic E-state index is 0.325. The van der Waals surface area contributed by atoms with E-state index in [4.69, 9.17) is 0 Å².